The Kier molecular flexibility index (Phi) is 8.08. The summed E-state index contributed by atoms with van der Waals surface area (Å²) < 4.78 is 43.8. The van der Waals surface area contributed by atoms with Crippen molar-refractivity contribution >= 4 is 49.3 Å². The summed E-state index contributed by atoms with van der Waals surface area (Å²) in [4.78, 5) is 8.03. The normalized spacial score (nSPS) is 12.9. The predicted octanol–water partition coefficient (Wildman–Crippen LogP) is 1.08. The fraction of sp³-hybridized carbons (Fsp3) is 0.333. The second-order valence-corrected chi connectivity index (χ2v) is 9.11. The Morgan fingerprint density at radius 1 is 1.40 bits per heavy atom. The minimum absolute atomic E-state index is 0.0513. The second-order valence-electron chi connectivity index (χ2n) is 6.02. The molecule has 2 aromatic rings. The molecule has 0 fully saturated rings. The number of nitrogens with one attached hydrogen (secondary N) is 3. The molecule has 0 spiro atoms. The molecule has 12 nitrogen and oxygen atoms in total. The fourth-order valence-corrected chi connectivity index (χ4v) is 2.88. The molecule has 1 heterocycles. The average Bonchev–Trinajstić information content (AvgIpc) is 3.14. The number of guanidine groups is 1. The van der Waals surface area contributed by atoms with Crippen LogP contribution in [0.3, 0.4) is 0 Å². The standard InChI is InChI=1S/C15H20BrFN8O4S/c1-8(2)30(27,28)25-15(18)20-6-5-19-13-12(23-29-24-13)14(22-26)21-9-3-4-11(17)10(16)7-9/h3-4,7-8,26H,5-6H2,1-2H3,(H,19,24)(H,21,22)(H3,18,20,25). The number of hydrogen-bond acceptors (Lipinski definition) is 9. The summed E-state index contributed by atoms with van der Waals surface area (Å²) in [6.45, 7) is 3.30. The minimum Gasteiger partial charge on any atom is -0.369 e. The van der Waals surface area contributed by atoms with Gasteiger partial charge < -0.3 is 11.1 Å². The molecule has 164 valence electrons. The molecule has 1 aromatic carbocycles. The van der Waals surface area contributed by atoms with E-state index in [2.05, 4.69) is 50.9 Å². The van der Waals surface area contributed by atoms with Crippen molar-refractivity contribution in [3.63, 3.8) is 0 Å². The Balaban J connectivity index is 2.04. The molecule has 0 aliphatic heterocycles. The average molecular weight is 507 g/mol. The molecule has 30 heavy (non-hydrogen) atoms. The Morgan fingerprint density at radius 3 is 2.77 bits per heavy atom. The summed E-state index contributed by atoms with van der Waals surface area (Å²) in [6, 6.07) is 4.00. The molecular weight excluding hydrogens is 487 g/mol. The Morgan fingerprint density at radius 2 is 2.13 bits per heavy atom. The van der Waals surface area contributed by atoms with Crippen molar-refractivity contribution in [2.45, 2.75) is 19.1 Å². The molecule has 0 aliphatic rings. The van der Waals surface area contributed by atoms with Gasteiger partial charge in [0.2, 0.25) is 21.8 Å². The predicted molar refractivity (Wildman–Crippen MR) is 112 cm³/mol. The van der Waals surface area contributed by atoms with E-state index in [1.54, 1.807) is 0 Å². The number of nitrogens with zero attached hydrogens (tertiary/aromatic N) is 4. The van der Waals surface area contributed by atoms with E-state index >= 15 is 0 Å². The van der Waals surface area contributed by atoms with Crippen LogP contribution in [0.5, 0.6) is 0 Å². The van der Waals surface area contributed by atoms with Gasteiger partial charge in [0.05, 0.1) is 22.0 Å². The molecule has 0 atom stereocenters. The third-order valence-corrected chi connectivity index (χ3v) is 5.86. The van der Waals surface area contributed by atoms with Crippen LogP contribution < -0.4 is 21.3 Å². The molecule has 0 radical (unpaired) electrons. The van der Waals surface area contributed by atoms with Crippen LogP contribution in [0, 0.1) is 5.82 Å². The highest BCUT2D eigenvalue weighted by Crippen LogP contribution is 2.23. The molecule has 0 bridgehead atoms. The zero-order chi connectivity index (χ0) is 22.3. The van der Waals surface area contributed by atoms with Gasteiger partial charge in [-0.15, -0.1) is 0 Å². The summed E-state index contributed by atoms with van der Waals surface area (Å²) in [5.41, 5.74) is 7.82. The van der Waals surface area contributed by atoms with Crippen LogP contribution in [-0.2, 0) is 10.0 Å². The van der Waals surface area contributed by atoms with Crippen molar-refractivity contribution in [3.8, 4) is 0 Å². The van der Waals surface area contributed by atoms with Gasteiger partial charge in [0.25, 0.3) is 0 Å². The van der Waals surface area contributed by atoms with Crippen molar-refractivity contribution in [2.24, 2.45) is 15.7 Å². The molecule has 15 heteroatoms. The number of anilines is 1. The van der Waals surface area contributed by atoms with Gasteiger partial charge in [-0.05, 0) is 58.3 Å². The molecular formula is C15H20BrFN8O4S. The maximum Gasteiger partial charge on any atom is 0.237 e. The van der Waals surface area contributed by atoms with E-state index in [1.165, 1.54) is 32.0 Å². The quantitative estimate of drug-likeness (QED) is 0.151. The SMILES string of the molecule is CC(C)S(=O)(=O)NC(N)=NCCNc1nonc1C(=Nc1ccc(F)c(Br)c1)NO. The summed E-state index contributed by atoms with van der Waals surface area (Å²) in [7, 11) is -3.58. The van der Waals surface area contributed by atoms with Crippen LogP contribution in [-0.4, -0.2) is 54.1 Å². The zero-order valence-corrected chi connectivity index (χ0v) is 18.3. The number of halogens is 2. The van der Waals surface area contributed by atoms with Gasteiger partial charge in [0.1, 0.15) is 5.82 Å². The number of aliphatic imine (C=N–C) groups is 2. The summed E-state index contributed by atoms with van der Waals surface area (Å²) in [6.07, 6.45) is 0. The van der Waals surface area contributed by atoms with Crippen molar-refractivity contribution < 1.29 is 22.6 Å². The van der Waals surface area contributed by atoms with Crippen molar-refractivity contribution in [2.75, 3.05) is 18.4 Å². The number of rotatable bonds is 8. The van der Waals surface area contributed by atoms with Crippen LogP contribution in [0.15, 0.2) is 37.3 Å². The van der Waals surface area contributed by atoms with E-state index < -0.39 is 21.1 Å². The number of benzene rings is 1. The molecule has 0 saturated heterocycles. The number of aromatic nitrogens is 2. The third-order valence-electron chi connectivity index (χ3n) is 3.52. The number of hydrogen-bond donors (Lipinski definition) is 5. The first-order valence-electron chi connectivity index (χ1n) is 8.46. The van der Waals surface area contributed by atoms with Gasteiger partial charge in [-0.2, -0.15) is 0 Å². The van der Waals surface area contributed by atoms with Crippen LogP contribution in [0.1, 0.15) is 19.5 Å². The van der Waals surface area contributed by atoms with E-state index in [9.17, 15) is 18.0 Å². The maximum absolute atomic E-state index is 13.4. The van der Waals surface area contributed by atoms with Gasteiger partial charge >= 0.3 is 0 Å². The van der Waals surface area contributed by atoms with E-state index in [0.717, 1.165) is 0 Å². The van der Waals surface area contributed by atoms with E-state index in [1.807, 2.05) is 5.48 Å². The molecule has 0 unspecified atom stereocenters. The van der Waals surface area contributed by atoms with E-state index in [-0.39, 0.29) is 40.9 Å². The lowest BCUT2D eigenvalue weighted by atomic mass is 10.3. The van der Waals surface area contributed by atoms with Gasteiger partial charge in [-0.1, -0.05) is 0 Å². The van der Waals surface area contributed by atoms with Crippen molar-refractivity contribution in [3.05, 3.63) is 34.2 Å². The van der Waals surface area contributed by atoms with Gasteiger partial charge in [-0.3, -0.25) is 20.4 Å². The second kappa shape index (κ2) is 10.3. The highest BCUT2D eigenvalue weighted by molar-refractivity contribution is 9.10. The van der Waals surface area contributed by atoms with Crippen LogP contribution in [0.4, 0.5) is 15.9 Å². The smallest absolute Gasteiger partial charge is 0.237 e. The number of sulfonamides is 1. The highest BCUT2D eigenvalue weighted by Gasteiger charge is 2.17. The van der Waals surface area contributed by atoms with E-state index in [0.29, 0.717) is 5.69 Å². The Bertz CT molecular complexity index is 1040. The first-order valence-corrected chi connectivity index (χ1v) is 10.8. The summed E-state index contributed by atoms with van der Waals surface area (Å²) in [5, 5.41) is 18.9. The summed E-state index contributed by atoms with van der Waals surface area (Å²) >= 11 is 3.05. The zero-order valence-electron chi connectivity index (χ0n) is 15.9. The molecule has 0 aliphatic carbocycles. The molecule has 6 N–H and O–H groups in total. The Labute approximate surface area is 180 Å². The topological polar surface area (TPSA) is 180 Å². The maximum atomic E-state index is 13.4. The van der Waals surface area contributed by atoms with Crippen molar-refractivity contribution in [1.29, 1.82) is 0 Å². The first-order chi connectivity index (χ1) is 14.1. The first kappa shape index (κ1) is 23.5. The minimum atomic E-state index is -3.58. The highest BCUT2D eigenvalue weighted by atomic mass is 79.9. The lowest BCUT2D eigenvalue weighted by Crippen LogP contribution is -2.40. The van der Waals surface area contributed by atoms with Crippen LogP contribution in [0.25, 0.3) is 0 Å². The lowest BCUT2D eigenvalue weighted by molar-refractivity contribution is 0.234. The summed E-state index contributed by atoms with van der Waals surface area (Å²) in [5.74, 6) is -0.684. The molecule has 0 amide bonds. The van der Waals surface area contributed by atoms with Crippen LogP contribution >= 0.6 is 15.9 Å². The van der Waals surface area contributed by atoms with Gasteiger partial charge in [0, 0.05) is 6.54 Å². The van der Waals surface area contributed by atoms with Crippen molar-refractivity contribution in [1.82, 2.24) is 20.5 Å². The lowest BCUT2D eigenvalue weighted by Gasteiger charge is -2.09. The Hall–Kier alpha value is -2.78. The van der Waals surface area contributed by atoms with E-state index in [4.69, 9.17) is 5.73 Å². The number of nitrogens with two attached hydrogens (primary N) is 1. The largest absolute Gasteiger partial charge is 0.369 e. The van der Waals surface area contributed by atoms with Gasteiger partial charge in [0.15, 0.2) is 11.5 Å². The fourth-order valence-electron chi connectivity index (χ4n) is 1.92. The monoisotopic (exact) mass is 506 g/mol. The molecule has 1 aromatic heterocycles. The number of hydroxylamine groups is 1. The molecule has 0 saturated carbocycles. The molecule has 2 rings (SSSR count). The third kappa shape index (κ3) is 6.36. The number of amidine groups is 1. The van der Waals surface area contributed by atoms with Crippen LogP contribution in [0.2, 0.25) is 0 Å². The van der Waals surface area contributed by atoms with Gasteiger partial charge in [-0.25, -0.2) is 22.4 Å².